The minimum atomic E-state index is -0.539. The maximum absolute atomic E-state index is 11.2. The average molecular weight is 172 g/mol. The second-order valence-electron chi connectivity index (χ2n) is 2.88. The van der Waals surface area contributed by atoms with Crippen LogP contribution in [0.1, 0.15) is 10.4 Å². The quantitative estimate of drug-likeness (QED) is 0.485. The molecule has 3 nitrogen and oxygen atoms in total. The van der Waals surface area contributed by atoms with Gasteiger partial charge < -0.3 is 5.32 Å². The van der Waals surface area contributed by atoms with Gasteiger partial charge in [0.25, 0.3) is 11.7 Å². The number of anilines is 1. The van der Waals surface area contributed by atoms with E-state index in [1.54, 1.807) is 12.1 Å². The molecule has 4 heteroatoms. The zero-order chi connectivity index (χ0) is 9.42. The summed E-state index contributed by atoms with van der Waals surface area (Å²) in [4.78, 5) is 22.1. The van der Waals surface area contributed by atoms with E-state index in [1.807, 2.05) is 20.2 Å². The molecule has 0 bridgehead atoms. The van der Waals surface area contributed by atoms with E-state index >= 15 is 0 Å². The normalized spacial score (nSPS) is 13.9. The van der Waals surface area contributed by atoms with Gasteiger partial charge in [-0.1, -0.05) is 18.4 Å². The lowest BCUT2D eigenvalue weighted by molar-refractivity contribution is -0.112. The number of carbonyl (C=O) groups excluding carboxylic acids is 2. The zero-order valence-corrected chi connectivity index (χ0v) is 7.13. The number of benzene rings is 1. The zero-order valence-electron chi connectivity index (χ0n) is 7.13. The molecule has 1 heterocycles. The van der Waals surface area contributed by atoms with Gasteiger partial charge in [0.1, 0.15) is 7.28 Å². The number of nitrogens with one attached hydrogen (secondary N) is 1. The molecule has 1 radical (unpaired) electrons. The molecule has 0 spiro atoms. The van der Waals surface area contributed by atoms with Crippen LogP contribution in [0.25, 0.3) is 0 Å². The van der Waals surface area contributed by atoms with E-state index < -0.39 is 11.7 Å². The predicted octanol–water partition coefficient (Wildman–Crippen LogP) is 0.199. The van der Waals surface area contributed by atoms with Crippen molar-refractivity contribution < 1.29 is 9.59 Å². The van der Waals surface area contributed by atoms with Gasteiger partial charge >= 0.3 is 0 Å². The van der Waals surface area contributed by atoms with Gasteiger partial charge in [-0.05, 0) is 12.1 Å². The molecule has 1 aromatic rings. The van der Waals surface area contributed by atoms with Crippen molar-refractivity contribution in [2.75, 3.05) is 5.32 Å². The third kappa shape index (κ3) is 1.14. The number of ketones is 1. The Kier molecular flexibility index (Phi) is 1.69. The molecule has 1 aliphatic heterocycles. The smallest absolute Gasteiger partial charge is 0.296 e. The summed E-state index contributed by atoms with van der Waals surface area (Å²) < 4.78 is 0. The van der Waals surface area contributed by atoms with Gasteiger partial charge in [-0.2, -0.15) is 0 Å². The van der Waals surface area contributed by atoms with Crippen molar-refractivity contribution in [1.29, 1.82) is 0 Å². The predicted molar refractivity (Wildman–Crippen MR) is 50.7 cm³/mol. The molecule has 0 aromatic heterocycles. The van der Waals surface area contributed by atoms with Crippen LogP contribution in [0.2, 0.25) is 6.82 Å². The number of carbonyl (C=O) groups is 2. The fraction of sp³-hybridized carbons (Fsp3) is 0.111. The molecular weight excluding hydrogens is 165 g/mol. The summed E-state index contributed by atoms with van der Waals surface area (Å²) in [6.07, 6.45) is 0. The Morgan fingerprint density at radius 2 is 2.08 bits per heavy atom. The lowest BCUT2D eigenvalue weighted by Gasteiger charge is -1.99. The maximum Gasteiger partial charge on any atom is 0.296 e. The monoisotopic (exact) mass is 172 g/mol. The molecule has 1 amide bonds. The minimum Gasteiger partial charge on any atom is -0.318 e. The highest BCUT2D eigenvalue weighted by Crippen LogP contribution is 2.20. The number of hydrogen-bond donors (Lipinski definition) is 1. The fourth-order valence-electron chi connectivity index (χ4n) is 1.34. The molecule has 1 N–H and O–H groups in total. The molecule has 63 valence electrons. The Hall–Kier alpha value is -1.58. The molecule has 2 rings (SSSR count). The first-order valence-corrected chi connectivity index (χ1v) is 4.01. The Morgan fingerprint density at radius 1 is 1.31 bits per heavy atom. The molecule has 0 fully saturated rings. The standard InChI is InChI=1S/C9H7BNO2/c1-10-5-2-3-6-7(4-5)11-9(13)8(6)12/h2-4H,1H3,(H,11,12,13). The summed E-state index contributed by atoms with van der Waals surface area (Å²) in [5, 5.41) is 2.51. The van der Waals surface area contributed by atoms with E-state index in [9.17, 15) is 9.59 Å². The van der Waals surface area contributed by atoms with E-state index in [0.717, 1.165) is 5.46 Å². The number of fused-ring (bicyclic) bond motifs is 1. The molecule has 0 unspecified atom stereocenters. The first-order chi connectivity index (χ1) is 6.22. The van der Waals surface area contributed by atoms with Crippen LogP contribution in [0.5, 0.6) is 0 Å². The average Bonchev–Trinajstić information content (AvgIpc) is 2.42. The highest BCUT2D eigenvalue weighted by atomic mass is 16.2. The van der Waals surface area contributed by atoms with Gasteiger partial charge in [0, 0.05) is 0 Å². The SMILES string of the molecule is C[B]c1ccc2c(c1)NC(=O)C2=O. The van der Waals surface area contributed by atoms with Crippen molar-refractivity contribution in [3.8, 4) is 0 Å². The van der Waals surface area contributed by atoms with E-state index in [4.69, 9.17) is 0 Å². The van der Waals surface area contributed by atoms with Gasteiger partial charge in [-0.25, -0.2) is 0 Å². The van der Waals surface area contributed by atoms with E-state index in [1.165, 1.54) is 0 Å². The van der Waals surface area contributed by atoms with Gasteiger partial charge in [0.05, 0.1) is 11.3 Å². The van der Waals surface area contributed by atoms with Crippen LogP contribution in [-0.2, 0) is 4.79 Å². The topological polar surface area (TPSA) is 46.2 Å². The van der Waals surface area contributed by atoms with Crippen molar-refractivity contribution in [3.63, 3.8) is 0 Å². The third-order valence-electron chi connectivity index (χ3n) is 2.08. The van der Waals surface area contributed by atoms with Crippen LogP contribution in [0.3, 0.4) is 0 Å². The second kappa shape index (κ2) is 2.73. The van der Waals surface area contributed by atoms with Gasteiger partial charge in [0.2, 0.25) is 0 Å². The lowest BCUT2D eigenvalue weighted by Crippen LogP contribution is -2.12. The molecular formula is C9H7BNO2. The number of hydrogen-bond acceptors (Lipinski definition) is 2. The highest BCUT2D eigenvalue weighted by Gasteiger charge is 2.27. The Bertz CT molecular complexity index is 401. The van der Waals surface area contributed by atoms with Gasteiger partial charge in [-0.15, -0.1) is 0 Å². The summed E-state index contributed by atoms with van der Waals surface area (Å²) in [6.45, 7) is 1.90. The van der Waals surface area contributed by atoms with Crippen molar-refractivity contribution in [3.05, 3.63) is 23.8 Å². The second-order valence-corrected chi connectivity index (χ2v) is 2.88. The Labute approximate surface area is 76.4 Å². The summed E-state index contributed by atoms with van der Waals surface area (Å²) >= 11 is 0. The van der Waals surface area contributed by atoms with Crippen LogP contribution in [-0.4, -0.2) is 19.0 Å². The molecule has 13 heavy (non-hydrogen) atoms. The van der Waals surface area contributed by atoms with E-state index in [2.05, 4.69) is 5.32 Å². The number of rotatable bonds is 1. The van der Waals surface area contributed by atoms with Gasteiger partial charge in [-0.3, -0.25) is 9.59 Å². The number of Topliss-reactive ketones (excluding diaryl/α,β-unsaturated/α-hetero) is 1. The molecule has 0 saturated carbocycles. The van der Waals surface area contributed by atoms with Crippen LogP contribution in [0.4, 0.5) is 5.69 Å². The van der Waals surface area contributed by atoms with Gasteiger partial charge in [0.15, 0.2) is 0 Å². The van der Waals surface area contributed by atoms with Crippen LogP contribution in [0.15, 0.2) is 18.2 Å². The van der Waals surface area contributed by atoms with Crippen LogP contribution < -0.4 is 10.8 Å². The fourth-order valence-corrected chi connectivity index (χ4v) is 1.34. The molecule has 0 aliphatic carbocycles. The first kappa shape index (κ1) is 8.04. The summed E-state index contributed by atoms with van der Waals surface area (Å²) in [7, 11) is 1.91. The summed E-state index contributed by atoms with van der Waals surface area (Å²) in [6, 6.07) is 5.28. The largest absolute Gasteiger partial charge is 0.318 e. The van der Waals surface area contributed by atoms with Crippen LogP contribution >= 0.6 is 0 Å². The van der Waals surface area contributed by atoms with Crippen molar-refractivity contribution >= 4 is 30.1 Å². The number of amides is 1. The van der Waals surface area contributed by atoms with E-state index in [-0.39, 0.29) is 0 Å². The summed E-state index contributed by atoms with van der Waals surface area (Å²) in [5.41, 5.74) is 2.08. The summed E-state index contributed by atoms with van der Waals surface area (Å²) in [5.74, 6) is -0.985. The molecule has 0 saturated heterocycles. The maximum atomic E-state index is 11.2. The Morgan fingerprint density at radius 3 is 2.77 bits per heavy atom. The Balaban J connectivity index is 2.52. The van der Waals surface area contributed by atoms with Crippen LogP contribution in [0, 0.1) is 0 Å². The lowest BCUT2D eigenvalue weighted by atomic mass is 9.73. The van der Waals surface area contributed by atoms with Crippen molar-refractivity contribution in [2.24, 2.45) is 0 Å². The molecule has 1 aliphatic rings. The first-order valence-electron chi connectivity index (χ1n) is 4.01. The minimum absolute atomic E-state index is 0.447. The third-order valence-corrected chi connectivity index (χ3v) is 2.08. The van der Waals surface area contributed by atoms with E-state index in [0.29, 0.717) is 11.3 Å². The van der Waals surface area contributed by atoms with Crippen molar-refractivity contribution in [2.45, 2.75) is 6.82 Å². The molecule has 0 atom stereocenters. The molecule has 1 aromatic carbocycles. The highest BCUT2D eigenvalue weighted by molar-refractivity contribution is 6.54. The van der Waals surface area contributed by atoms with Crippen molar-refractivity contribution in [1.82, 2.24) is 0 Å².